The van der Waals surface area contributed by atoms with Crippen LogP contribution in [0.3, 0.4) is 0 Å². The van der Waals surface area contributed by atoms with Gasteiger partial charge in [0.15, 0.2) is 5.69 Å². The Balaban J connectivity index is 2.14. The van der Waals surface area contributed by atoms with E-state index in [-0.39, 0.29) is 11.3 Å². The van der Waals surface area contributed by atoms with E-state index in [1.807, 2.05) is 18.7 Å². The van der Waals surface area contributed by atoms with Gasteiger partial charge in [0.25, 0.3) is 6.01 Å². The zero-order chi connectivity index (χ0) is 14.0. The number of carbonyl (C=O) groups excluding carboxylic acids is 1. The molecule has 1 aliphatic heterocycles. The van der Waals surface area contributed by atoms with Gasteiger partial charge >= 0.3 is 5.97 Å². The highest BCUT2D eigenvalue weighted by Crippen LogP contribution is 2.30. The maximum atomic E-state index is 11.8. The number of carbonyl (C=O) groups is 1. The molecule has 0 aliphatic carbocycles. The van der Waals surface area contributed by atoms with Crippen LogP contribution in [0.5, 0.6) is 0 Å². The van der Waals surface area contributed by atoms with E-state index in [2.05, 4.69) is 4.98 Å². The third kappa shape index (κ3) is 2.58. The van der Waals surface area contributed by atoms with Gasteiger partial charge in [-0.25, -0.2) is 4.79 Å². The van der Waals surface area contributed by atoms with Crippen molar-refractivity contribution in [2.45, 2.75) is 32.8 Å². The average Bonchev–Trinajstić information content (AvgIpc) is 2.79. The van der Waals surface area contributed by atoms with Crippen LogP contribution in [-0.4, -0.2) is 43.4 Å². The fraction of sp³-hybridized carbons (Fsp3) is 0.692. The molecule has 106 valence electrons. The quantitative estimate of drug-likeness (QED) is 0.756. The van der Waals surface area contributed by atoms with E-state index >= 15 is 0 Å². The molecule has 6 nitrogen and oxygen atoms in total. The Morgan fingerprint density at radius 2 is 2.16 bits per heavy atom. The number of esters is 1. The molecule has 0 atom stereocenters. The molecule has 6 heteroatoms. The number of ether oxygens (including phenoxy) is 2. The molecule has 1 aliphatic rings. The Kier molecular flexibility index (Phi) is 3.80. The summed E-state index contributed by atoms with van der Waals surface area (Å²) in [5, 5.41) is 0. The van der Waals surface area contributed by atoms with E-state index in [1.54, 1.807) is 14.0 Å². The van der Waals surface area contributed by atoms with Crippen LogP contribution in [0.25, 0.3) is 0 Å². The lowest BCUT2D eigenvalue weighted by Crippen LogP contribution is -2.61. The number of oxazole rings is 1. The zero-order valence-corrected chi connectivity index (χ0v) is 11.9. The van der Waals surface area contributed by atoms with Crippen LogP contribution in [0.4, 0.5) is 6.01 Å². The number of hydrogen-bond donors (Lipinski definition) is 0. The van der Waals surface area contributed by atoms with Gasteiger partial charge in [-0.1, -0.05) is 6.92 Å². The molecule has 1 aromatic heterocycles. The maximum Gasteiger partial charge on any atom is 0.360 e. The van der Waals surface area contributed by atoms with Crippen LogP contribution >= 0.6 is 0 Å². The highest BCUT2D eigenvalue weighted by Gasteiger charge is 2.41. The minimum absolute atomic E-state index is 0.162. The van der Waals surface area contributed by atoms with Crippen molar-refractivity contribution in [1.29, 1.82) is 0 Å². The third-order valence-corrected chi connectivity index (χ3v) is 3.29. The molecule has 0 N–H and O–H groups in total. The van der Waals surface area contributed by atoms with Gasteiger partial charge in [0, 0.05) is 13.5 Å². The van der Waals surface area contributed by atoms with E-state index in [4.69, 9.17) is 13.9 Å². The van der Waals surface area contributed by atoms with Gasteiger partial charge in [-0.05, 0) is 13.8 Å². The van der Waals surface area contributed by atoms with Crippen LogP contribution in [0.1, 0.15) is 37.0 Å². The van der Waals surface area contributed by atoms with Crippen molar-refractivity contribution in [3.05, 3.63) is 11.5 Å². The molecule has 0 bridgehead atoms. The lowest BCUT2D eigenvalue weighted by molar-refractivity contribution is -0.0191. The largest absolute Gasteiger partial charge is 0.461 e. The monoisotopic (exact) mass is 268 g/mol. The summed E-state index contributed by atoms with van der Waals surface area (Å²) in [5.41, 5.74) is 0.121. The second kappa shape index (κ2) is 5.21. The van der Waals surface area contributed by atoms with Gasteiger partial charge in [0.1, 0.15) is 11.4 Å². The highest BCUT2D eigenvalue weighted by atomic mass is 16.5. The van der Waals surface area contributed by atoms with Gasteiger partial charge in [-0.3, -0.25) is 0 Å². The molecule has 0 aromatic carbocycles. The molecule has 0 radical (unpaired) electrons. The summed E-state index contributed by atoms with van der Waals surface area (Å²) in [5.74, 6) is 0.142. The molecule has 1 saturated heterocycles. The second-order valence-electron chi connectivity index (χ2n) is 4.85. The molecular weight excluding hydrogens is 248 g/mol. The van der Waals surface area contributed by atoms with Crippen molar-refractivity contribution < 1.29 is 18.7 Å². The van der Waals surface area contributed by atoms with Crippen LogP contribution in [0.2, 0.25) is 0 Å². The lowest BCUT2D eigenvalue weighted by atomic mass is 9.97. The minimum atomic E-state index is -0.427. The molecule has 19 heavy (non-hydrogen) atoms. The first-order chi connectivity index (χ1) is 9.03. The Morgan fingerprint density at radius 1 is 1.47 bits per heavy atom. The molecule has 1 aromatic rings. The standard InChI is InChI=1S/C13H20N2O4/c1-5-9-10(11(16)18-6-2)14-12(19-9)15-7-13(3,8-15)17-4/h5-8H2,1-4H3. The smallest absolute Gasteiger partial charge is 0.360 e. The van der Waals surface area contributed by atoms with Gasteiger partial charge in [-0.15, -0.1) is 0 Å². The summed E-state index contributed by atoms with van der Waals surface area (Å²) in [6, 6.07) is 0.467. The van der Waals surface area contributed by atoms with Crippen molar-refractivity contribution in [3.8, 4) is 0 Å². The predicted octanol–water partition coefficient (Wildman–Crippen LogP) is 1.64. The van der Waals surface area contributed by atoms with E-state index in [9.17, 15) is 4.79 Å². The topological polar surface area (TPSA) is 64.8 Å². The molecule has 0 unspecified atom stereocenters. The molecule has 2 rings (SSSR count). The molecule has 2 heterocycles. The minimum Gasteiger partial charge on any atom is -0.461 e. The SMILES string of the molecule is CCOC(=O)c1nc(N2CC(C)(OC)C2)oc1CC. The molecular formula is C13H20N2O4. The summed E-state index contributed by atoms with van der Waals surface area (Å²) >= 11 is 0. The van der Waals surface area contributed by atoms with Crippen molar-refractivity contribution in [2.75, 3.05) is 31.7 Å². The van der Waals surface area contributed by atoms with Gasteiger partial charge in [0.2, 0.25) is 0 Å². The van der Waals surface area contributed by atoms with Crippen molar-refractivity contribution >= 4 is 12.0 Å². The van der Waals surface area contributed by atoms with Crippen molar-refractivity contribution in [1.82, 2.24) is 4.98 Å². The average molecular weight is 268 g/mol. The normalized spacial score (nSPS) is 17.2. The summed E-state index contributed by atoms with van der Waals surface area (Å²) in [6.45, 7) is 7.45. The highest BCUT2D eigenvalue weighted by molar-refractivity contribution is 5.88. The van der Waals surface area contributed by atoms with E-state index in [1.165, 1.54) is 0 Å². The van der Waals surface area contributed by atoms with E-state index in [0.717, 1.165) is 0 Å². The lowest BCUT2D eigenvalue weighted by Gasteiger charge is -2.45. The first kappa shape index (κ1) is 13.9. The van der Waals surface area contributed by atoms with E-state index < -0.39 is 5.97 Å². The van der Waals surface area contributed by atoms with Crippen LogP contribution < -0.4 is 4.90 Å². The number of methoxy groups -OCH3 is 1. The number of anilines is 1. The van der Waals surface area contributed by atoms with Gasteiger partial charge in [0.05, 0.1) is 19.7 Å². The van der Waals surface area contributed by atoms with E-state index in [0.29, 0.717) is 37.9 Å². The van der Waals surface area contributed by atoms with Gasteiger partial charge in [-0.2, -0.15) is 4.98 Å². The van der Waals surface area contributed by atoms with Crippen LogP contribution in [0.15, 0.2) is 4.42 Å². The summed E-state index contributed by atoms with van der Waals surface area (Å²) in [6.07, 6.45) is 0.608. The first-order valence-electron chi connectivity index (χ1n) is 6.50. The maximum absolute atomic E-state index is 11.8. The fourth-order valence-corrected chi connectivity index (χ4v) is 2.10. The molecule has 0 amide bonds. The van der Waals surface area contributed by atoms with Crippen molar-refractivity contribution in [3.63, 3.8) is 0 Å². The van der Waals surface area contributed by atoms with Crippen molar-refractivity contribution in [2.24, 2.45) is 0 Å². The Hall–Kier alpha value is -1.56. The number of hydrogen-bond acceptors (Lipinski definition) is 6. The summed E-state index contributed by atoms with van der Waals surface area (Å²) < 4.78 is 16.0. The number of rotatable bonds is 5. The summed E-state index contributed by atoms with van der Waals surface area (Å²) in [4.78, 5) is 18.0. The third-order valence-electron chi connectivity index (χ3n) is 3.29. The molecule has 0 spiro atoms. The predicted molar refractivity (Wildman–Crippen MR) is 69.5 cm³/mol. The Labute approximate surface area is 112 Å². The molecule has 1 fully saturated rings. The number of aromatic nitrogens is 1. The Bertz CT molecular complexity index is 463. The number of aryl methyl sites for hydroxylation is 1. The zero-order valence-electron chi connectivity index (χ0n) is 11.9. The number of nitrogens with zero attached hydrogens (tertiary/aromatic N) is 2. The Morgan fingerprint density at radius 3 is 2.68 bits per heavy atom. The second-order valence-corrected chi connectivity index (χ2v) is 4.85. The summed E-state index contributed by atoms with van der Waals surface area (Å²) in [7, 11) is 1.69. The fourth-order valence-electron chi connectivity index (χ4n) is 2.10. The first-order valence-corrected chi connectivity index (χ1v) is 6.50. The van der Waals surface area contributed by atoms with Crippen LogP contribution in [0, 0.1) is 0 Å². The van der Waals surface area contributed by atoms with Crippen LogP contribution in [-0.2, 0) is 15.9 Å². The molecule has 0 saturated carbocycles. The van der Waals surface area contributed by atoms with Gasteiger partial charge < -0.3 is 18.8 Å².